The third-order valence-electron chi connectivity index (χ3n) is 2.04. The maximum absolute atomic E-state index is 11.4. The molecule has 0 amide bonds. The van der Waals surface area contributed by atoms with Gasteiger partial charge < -0.3 is 0 Å². The molecule has 0 N–H and O–H groups in total. The molecule has 1 aromatic rings. The lowest BCUT2D eigenvalue weighted by Gasteiger charge is -2.13. The molecule has 0 radical (unpaired) electrons. The van der Waals surface area contributed by atoms with Gasteiger partial charge in [-0.3, -0.25) is 0 Å². The van der Waals surface area contributed by atoms with Crippen LogP contribution in [0.5, 0.6) is 0 Å². The Hall–Kier alpha value is -1.01. The molecule has 2 rings (SSSR count). The number of fused-ring (bicyclic) bond motifs is 1. The van der Waals surface area contributed by atoms with Gasteiger partial charge in [-0.15, -0.1) is 0 Å². The quantitative estimate of drug-likeness (QED) is 0.597. The predicted molar refractivity (Wildman–Crippen MR) is 44.5 cm³/mol. The summed E-state index contributed by atoms with van der Waals surface area (Å²) in [5, 5.41) is 0. The van der Waals surface area contributed by atoms with E-state index in [4.69, 9.17) is 0 Å². The van der Waals surface area contributed by atoms with E-state index >= 15 is 0 Å². The van der Waals surface area contributed by atoms with Crippen LogP contribution in [0, 0.1) is 12.1 Å². The Morgan fingerprint density at radius 2 is 2.00 bits per heavy atom. The molecule has 0 saturated heterocycles. The van der Waals surface area contributed by atoms with Gasteiger partial charge in [0.2, 0.25) is 0 Å². The van der Waals surface area contributed by atoms with Crippen LogP contribution in [0.15, 0.2) is 17.0 Å². The molecular weight excluding hydrogens is 172 g/mol. The summed E-state index contributed by atoms with van der Waals surface area (Å²) in [6.07, 6.45) is 1.58. The topological polar surface area (TPSA) is 34.1 Å². The zero-order valence-electron chi connectivity index (χ0n) is 6.50. The second-order valence-corrected chi connectivity index (χ2v) is 4.97. The lowest BCUT2D eigenvalue weighted by atomic mass is 10.1. The molecule has 0 aromatic heterocycles. The van der Waals surface area contributed by atoms with E-state index in [0.29, 0.717) is 4.90 Å². The van der Waals surface area contributed by atoms with Gasteiger partial charge in [0.05, 0.1) is 10.6 Å². The van der Waals surface area contributed by atoms with E-state index in [1.54, 1.807) is 6.07 Å². The van der Waals surface area contributed by atoms with Gasteiger partial charge in [0.1, 0.15) is 0 Å². The maximum Gasteiger partial charge on any atom is 0.179 e. The summed E-state index contributed by atoms with van der Waals surface area (Å²) in [4.78, 5) is 0.451. The fraction of sp³-hybridized carbons (Fsp3) is 0.333. The molecule has 1 aromatic carbocycles. The summed E-state index contributed by atoms with van der Waals surface area (Å²) in [6.45, 7) is 0. The maximum atomic E-state index is 11.4. The van der Waals surface area contributed by atoms with Gasteiger partial charge in [0, 0.05) is 6.07 Å². The van der Waals surface area contributed by atoms with Gasteiger partial charge in [-0.05, 0) is 24.5 Å². The normalized spacial score (nSPS) is 19.3. The molecule has 0 aliphatic carbocycles. The van der Waals surface area contributed by atoms with Gasteiger partial charge in [-0.25, -0.2) is 8.42 Å². The fourth-order valence-electron chi connectivity index (χ4n) is 1.45. The van der Waals surface area contributed by atoms with Crippen molar-refractivity contribution in [3.8, 4) is 0 Å². The first kappa shape index (κ1) is 7.63. The van der Waals surface area contributed by atoms with Crippen molar-refractivity contribution in [3.05, 3.63) is 29.8 Å². The summed E-state index contributed by atoms with van der Waals surface area (Å²) in [6, 6.07) is 8.67. The highest BCUT2D eigenvalue weighted by molar-refractivity contribution is 7.91. The van der Waals surface area contributed by atoms with Crippen LogP contribution in [0.25, 0.3) is 0 Å². The molecule has 2 nitrogen and oxygen atoms in total. The van der Waals surface area contributed by atoms with Crippen LogP contribution in [-0.4, -0.2) is 14.2 Å². The zero-order chi connectivity index (χ0) is 8.60. The largest absolute Gasteiger partial charge is 0.224 e. The summed E-state index contributed by atoms with van der Waals surface area (Å²) in [5.74, 6) is 0.276. The first-order chi connectivity index (χ1) is 5.70. The third kappa shape index (κ3) is 1.09. The summed E-state index contributed by atoms with van der Waals surface area (Å²) < 4.78 is 22.9. The van der Waals surface area contributed by atoms with Gasteiger partial charge in [-0.2, -0.15) is 0 Å². The van der Waals surface area contributed by atoms with Gasteiger partial charge in [0.15, 0.2) is 9.84 Å². The van der Waals surface area contributed by atoms with E-state index < -0.39 is 9.84 Å². The molecule has 0 atom stereocenters. The molecule has 0 unspecified atom stereocenters. The molecule has 62 valence electrons. The second-order valence-electron chi connectivity index (χ2n) is 2.89. The highest BCUT2D eigenvalue weighted by atomic mass is 32.2. The van der Waals surface area contributed by atoms with E-state index in [2.05, 4.69) is 12.1 Å². The van der Waals surface area contributed by atoms with Crippen molar-refractivity contribution in [1.82, 2.24) is 0 Å². The van der Waals surface area contributed by atoms with Crippen molar-refractivity contribution in [2.24, 2.45) is 0 Å². The first-order valence-corrected chi connectivity index (χ1v) is 5.49. The summed E-state index contributed by atoms with van der Waals surface area (Å²) >= 11 is 0. The van der Waals surface area contributed by atoms with Crippen LogP contribution in [0.2, 0.25) is 0 Å². The lowest BCUT2D eigenvalue weighted by molar-refractivity contribution is 0.586. The Kier molecular flexibility index (Phi) is 1.59. The molecule has 3 heteroatoms. The Bertz CT molecular complexity index is 393. The van der Waals surface area contributed by atoms with Gasteiger partial charge in [0.25, 0.3) is 0 Å². The first-order valence-electron chi connectivity index (χ1n) is 3.83. The highest BCUT2D eigenvalue weighted by Gasteiger charge is 2.22. The van der Waals surface area contributed by atoms with Crippen LogP contribution >= 0.6 is 0 Å². The van der Waals surface area contributed by atoms with Crippen LogP contribution < -0.4 is 0 Å². The van der Waals surface area contributed by atoms with E-state index in [9.17, 15) is 8.42 Å². The molecular formula is C9H8O2S. The number of hydrogen-bond donors (Lipinski definition) is 0. The minimum absolute atomic E-state index is 0.276. The highest BCUT2D eigenvalue weighted by Crippen LogP contribution is 2.22. The van der Waals surface area contributed by atoms with Crippen molar-refractivity contribution in [2.75, 3.05) is 5.75 Å². The van der Waals surface area contributed by atoms with Crippen LogP contribution in [0.1, 0.15) is 12.0 Å². The summed E-state index contributed by atoms with van der Waals surface area (Å²) in [5.41, 5.74) is 0.889. The van der Waals surface area contributed by atoms with Gasteiger partial charge in [-0.1, -0.05) is 12.1 Å². The van der Waals surface area contributed by atoms with Crippen molar-refractivity contribution in [3.63, 3.8) is 0 Å². The molecule has 0 saturated carbocycles. The van der Waals surface area contributed by atoms with E-state index in [1.807, 2.05) is 0 Å². The number of aryl methyl sites for hydroxylation is 1. The Morgan fingerprint density at radius 3 is 2.75 bits per heavy atom. The number of rotatable bonds is 0. The van der Waals surface area contributed by atoms with Crippen molar-refractivity contribution >= 4 is 9.84 Å². The zero-order valence-corrected chi connectivity index (χ0v) is 7.32. The number of hydrogen-bond acceptors (Lipinski definition) is 2. The molecule has 0 fully saturated rings. The Balaban J connectivity index is 2.67. The predicted octanol–water partition coefficient (Wildman–Crippen LogP) is 1.01. The lowest BCUT2D eigenvalue weighted by Crippen LogP contribution is -2.15. The number of sulfone groups is 1. The summed E-state index contributed by atoms with van der Waals surface area (Å²) in [7, 11) is -2.99. The van der Waals surface area contributed by atoms with Crippen molar-refractivity contribution < 1.29 is 8.42 Å². The standard InChI is InChI=1S/C9H8O2S/c10-12(11)7-3-5-8-4-1-2-6-9(8)12/h4,6H,3,5,7H2. The average Bonchev–Trinajstić information content (AvgIpc) is 2.04. The van der Waals surface area contributed by atoms with Crippen molar-refractivity contribution in [2.45, 2.75) is 17.7 Å². The molecule has 1 heterocycles. The molecule has 0 spiro atoms. The molecule has 1 aliphatic rings. The van der Waals surface area contributed by atoms with Crippen LogP contribution in [0.3, 0.4) is 0 Å². The molecule has 12 heavy (non-hydrogen) atoms. The monoisotopic (exact) mass is 180 g/mol. The average molecular weight is 180 g/mol. The SMILES string of the molecule is O=S1(=O)CCCc2cc#ccc21. The van der Waals surface area contributed by atoms with E-state index in [0.717, 1.165) is 18.4 Å². The molecule has 0 bridgehead atoms. The van der Waals surface area contributed by atoms with Gasteiger partial charge >= 0.3 is 0 Å². The van der Waals surface area contributed by atoms with Crippen LogP contribution in [0.4, 0.5) is 0 Å². The Labute approximate surface area is 72.1 Å². The van der Waals surface area contributed by atoms with Crippen molar-refractivity contribution in [1.29, 1.82) is 0 Å². The van der Waals surface area contributed by atoms with Crippen LogP contribution in [-0.2, 0) is 16.3 Å². The molecule has 1 aliphatic heterocycles. The fourth-order valence-corrected chi connectivity index (χ4v) is 2.99. The minimum atomic E-state index is -2.99. The minimum Gasteiger partial charge on any atom is -0.224 e. The smallest absolute Gasteiger partial charge is 0.179 e. The third-order valence-corrected chi connectivity index (χ3v) is 3.92. The Morgan fingerprint density at radius 1 is 1.25 bits per heavy atom. The van der Waals surface area contributed by atoms with E-state index in [-0.39, 0.29) is 5.75 Å². The van der Waals surface area contributed by atoms with E-state index in [1.165, 1.54) is 6.07 Å². The second kappa shape index (κ2) is 2.49.